The molecule has 0 saturated carbocycles. The fourth-order valence-electron chi connectivity index (χ4n) is 1.27. The summed E-state index contributed by atoms with van der Waals surface area (Å²) in [5, 5.41) is 3.87. The molecule has 0 bridgehead atoms. The maximum absolute atomic E-state index is 5.86. The quantitative estimate of drug-likeness (QED) is 0.838. The molecule has 0 unspecified atom stereocenters. The average Bonchev–Trinajstić information content (AvgIpc) is 2.76. The Hall–Kier alpha value is -1.17. The third-order valence-electron chi connectivity index (χ3n) is 2.18. The first-order valence-electron chi connectivity index (χ1n) is 4.97. The van der Waals surface area contributed by atoms with Gasteiger partial charge in [-0.25, -0.2) is 0 Å². The van der Waals surface area contributed by atoms with Crippen molar-refractivity contribution in [1.82, 2.24) is 9.59 Å². The molecule has 0 radical (unpaired) electrons. The summed E-state index contributed by atoms with van der Waals surface area (Å²) in [6, 6.07) is 7.71. The third-order valence-corrected chi connectivity index (χ3v) is 3.16. The van der Waals surface area contributed by atoms with Gasteiger partial charge in [-0.05, 0) is 17.7 Å². The van der Waals surface area contributed by atoms with E-state index < -0.39 is 0 Å². The summed E-state index contributed by atoms with van der Waals surface area (Å²) in [5.41, 5.74) is 1.76. The molecule has 90 valence electrons. The number of hydrogen-bond acceptors (Lipinski definition) is 5. The molecule has 1 aromatic heterocycles. The van der Waals surface area contributed by atoms with Gasteiger partial charge in [0.15, 0.2) is 0 Å². The molecule has 1 heterocycles. The minimum atomic E-state index is 0.376. The highest BCUT2D eigenvalue weighted by atomic mass is 35.5. The van der Waals surface area contributed by atoms with Crippen molar-refractivity contribution in [3.63, 3.8) is 0 Å². The van der Waals surface area contributed by atoms with E-state index in [-0.39, 0.29) is 0 Å². The topological polar surface area (TPSA) is 44.2 Å². The third kappa shape index (κ3) is 3.39. The molecular weight excluding hydrogens is 260 g/mol. The van der Waals surface area contributed by atoms with E-state index in [1.807, 2.05) is 24.3 Å². The first kappa shape index (κ1) is 12.3. The molecule has 6 heteroatoms. The number of rotatable bonds is 5. The lowest BCUT2D eigenvalue weighted by Crippen LogP contribution is -1.95. The number of ether oxygens (including phenoxy) is 2. The lowest BCUT2D eigenvalue weighted by atomic mass is 10.2. The summed E-state index contributed by atoms with van der Waals surface area (Å²) >= 11 is 7.02. The van der Waals surface area contributed by atoms with E-state index in [9.17, 15) is 0 Å². The molecule has 0 aliphatic heterocycles. The minimum Gasteiger partial charge on any atom is -0.497 e. The van der Waals surface area contributed by atoms with E-state index >= 15 is 0 Å². The van der Waals surface area contributed by atoms with Crippen molar-refractivity contribution in [2.45, 2.75) is 13.2 Å². The number of halogens is 1. The predicted octanol–water partition coefficient (Wildman–Crippen LogP) is 2.92. The van der Waals surface area contributed by atoms with E-state index in [0.717, 1.165) is 22.8 Å². The van der Waals surface area contributed by atoms with Crippen LogP contribution in [0.1, 0.15) is 11.3 Å². The van der Waals surface area contributed by atoms with Crippen LogP contribution in [0.25, 0.3) is 0 Å². The van der Waals surface area contributed by atoms with E-state index in [1.54, 1.807) is 7.11 Å². The number of hydrogen-bond donors (Lipinski definition) is 0. The lowest BCUT2D eigenvalue weighted by molar-refractivity contribution is 0.104. The van der Waals surface area contributed by atoms with Crippen LogP contribution in [-0.4, -0.2) is 16.7 Å². The molecule has 0 aliphatic carbocycles. The van der Waals surface area contributed by atoms with E-state index in [2.05, 4.69) is 9.59 Å². The van der Waals surface area contributed by atoms with Crippen LogP contribution < -0.4 is 4.74 Å². The minimum absolute atomic E-state index is 0.376. The van der Waals surface area contributed by atoms with Gasteiger partial charge in [-0.3, -0.25) is 0 Å². The molecule has 0 saturated heterocycles. The molecule has 0 spiro atoms. The van der Waals surface area contributed by atoms with Crippen molar-refractivity contribution < 1.29 is 9.47 Å². The Labute approximate surface area is 108 Å². The summed E-state index contributed by atoms with van der Waals surface area (Å²) in [5.74, 6) is 0.834. The van der Waals surface area contributed by atoms with Gasteiger partial charge in [0, 0.05) is 11.5 Å². The van der Waals surface area contributed by atoms with Crippen LogP contribution in [0.3, 0.4) is 0 Å². The highest BCUT2D eigenvalue weighted by Gasteiger charge is 2.05. The molecule has 17 heavy (non-hydrogen) atoms. The van der Waals surface area contributed by atoms with Gasteiger partial charge in [0.2, 0.25) is 0 Å². The van der Waals surface area contributed by atoms with E-state index in [1.165, 1.54) is 0 Å². The Kier molecular flexibility index (Phi) is 4.30. The Balaban J connectivity index is 1.83. The lowest BCUT2D eigenvalue weighted by Gasteiger charge is -2.04. The fourth-order valence-corrected chi connectivity index (χ4v) is 1.87. The van der Waals surface area contributed by atoms with E-state index in [0.29, 0.717) is 23.2 Å². The highest BCUT2D eigenvalue weighted by Crippen LogP contribution is 2.18. The average molecular weight is 271 g/mol. The smallest absolute Gasteiger partial charge is 0.139 e. The molecule has 2 aromatic rings. The van der Waals surface area contributed by atoms with Gasteiger partial charge < -0.3 is 9.47 Å². The molecule has 0 fully saturated rings. The zero-order chi connectivity index (χ0) is 12.1. The maximum atomic E-state index is 5.86. The van der Waals surface area contributed by atoms with Crippen LogP contribution in [0.5, 0.6) is 5.75 Å². The summed E-state index contributed by atoms with van der Waals surface area (Å²) in [6.07, 6.45) is 0. The zero-order valence-electron chi connectivity index (χ0n) is 9.22. The van der Waals surface area contributed by atoms with Crippen LogP contribution in [0.4, 0.5) is 0 Å². The first-order valence-corrected chi connectivity index (χ1v) is 6.12. The second kappa shape index (κ2) is 5.95. The molecule has 1 aromatic carbocycles. The zero-order valence-corrected chi connectivity index (χ0v) is 10.8. The van der Waals surface area contributed by atoms with Gasteiger partial charge in [-0.2, -0.15) is 0 Å². The number of benzene rings is 1. The fraction of sp³-hybridized carbons (Fsp3) is 0.273. The first-order chi connectivity index (χ1) is 8.29. The van der Waals surface area contributed by atoms with Gasteiger partial charge in [-0.1, -0.05) is 28.2 Å². The van der Waals surface area contributed by atoms with Crippen LogP contribution in [0.15, 0.2) is 24.3 Å². The maximum Gasteiger partial charge on any atom is 0.139 e. The second-order valence-electron chi connectivity index (χ2n) is 3.33. The Bertz CT molecular complexity index is 473. The Morgan fingerprint density at radius 1 is 1.24 bits per heavy atom. The van der Waals surface area contributed by atoms with Crippen molar-refractivity contribution in [2.24, 2.45) is 0 Å². The monoisotopic (exact) mass is 270 g/mol. The van der Waals surface area contributed by atoms with Gasteiger partial charge in [0.25, 0.3) is 0 Å². The predicted molar refractivity (Wildman–Crippen MR) is 66.4 cm³/mol. The van der Waals surface area contributed by atoms with Crippen molar-refractivity contribution in [3.8, 4) is 5.75 Å². The van der Waals surface area contributed by atoms with Crippen molar-refractivity contribution in [2.75, 3.05) is 7.11 Å². The molecular formula is C11H11ClN2O2S. The summed E-state index contributed by atoms with van der Waals surface area (Å²) in [4.78, 5) is 0. The second-order valence-corrected chi connectivity index (χ2v) is 4.69. The largest absolute Gasteiger partial charge is 0.497 e. The van der Waals surface area contributed by atoms with Crippen LogP contribution in [0.2, 0.25) is 4.34 Å². The number of nitrogens with zero attached hydrogens (tertiary/aromatic N) is 2. The van der Waals surface area contributed by atoms with Gasteiger partial charge in [0.1, 0.15) is 15.8 Å². The molecule has 4 nitrogen and oxygen atoms in total. The number of aromatic nitrogens is 2. The van der Waals surface area contributed by atoms with Gasteiger partial charge in [-0.15, -0.1) is 5.10 Å². The van der Waals surface area contributed by atoms with Crippen LogP contribution in [-0.2, 0) is 18.0 Å². The van der Waals surface area contributed by atoms with Crippen molar-refractivity contribution in [1.29, 1.82) is 0 Å². The summed E-state index contributed by atoms with van der Waals surface area (Å²) in [6.45, 7) is 0.888. The van der Waals surface area contributed by atoms with Crippen LogP contribution in [0, 0.1) is 0 Å². The Morgan fingerprint density at radius 3 is 2.59 bits per heavy atom. The normalized spacial score (nSPS) is 10.5. The standard InChI is InChI=1S/C11H11ClN2O2S/c1-15-9-4-2-8(3-5-9)6-16-7-10-11(12)17-14-13-10/h2-5H,6-7H2,1H3. The number of methoxy groups -OCH3 is 1. The Morgan fingerprint density at radius 2 is 2.00 bits per heavy atom. The van der Waals surface area contributed by atoms with Gasteiger partial charge >= 0.3 is 0 Å². The van der Waals surface area contributed by atoms with Crippen molar-refractivity contribution >= 4 is 23.1 Å². The van der Waals surface area contributed by atoms with Crippen molar-refractivity contribution in [3.05, 3.63) is 39.9 Å². The molecule has 0 atom stereocenters. The summed E-state index contributed by atoms with van der Waals surface area (Å²) < 4.78 is 14.9. The molecule has 0 aliphatic rings. The SMILES string of the molecule is COc1ccc(COCc2nnsc2Cl)cc1. The molecule has 0 N–H and O–H groups in total. The molecule has 2 rings (SSSR count). The molecule has 0 amide bonds. The highest BCUT2D eigenvalue weighted by molar-refractivity contribution is 7.10. The van der Waals surface area contributed by atoms with E-state index in [4.69, 9.17) is 21.1 Å². The van der Waals surface area contributed by atoms with Gasteiger partial charge in [0.05, 0.1) is 20.3 Å². The van der Waals surface area contributed by atoms with Crippen LogP contribution >= 0.6 is 23.1 Å². The summed E-state index contributed by atoms with van der Waals surface area (Å²) in [7, 11) is 1.64.